The molecular formula is C22H21FO4. The van der Waals surface area contributed by atoms with E-state index in [1.54, 1.807) is 0 Å². The van der Waals surface area contributed by atoms with Crippen LogP contribution >= 0.6 is 0 Å². The first-order valence-corrected chi connectivity index (χ1v) is 9.20. The summed E-state index contributed by atoms with van der Waals surface area (Å²) >= 11 is 0. The molecule has 0 aliphatic carbocycles. The van der Waals surface area contributed by atoms with E-state index in [0.717, 1.165) is 17.6 Å². The Morgan fingerprint density at radius 2 is 1.85 bits per heavy atom. The quantitative estimate of drug-likeness (QED) is 0.751. The topological polar surface area (TPSA) is 44.8 Å². The number of allylic oxidation sites excluding steroid dienone is 1. The third-order valence-electron chi connectivity index (χ3n) is 4.85. The summed E-state index contributed by atoms with van der Waals surface area (Å²) in [7, 11) is 0. The van der Waals surface area contributed by atoms with Crippen LogP contribution in [0.4, 0.5) is 4.39 Å². The van der Waals surface area contributed by atoms with E-state index in [9.17, 15) is 9.18 Å². The van der Waals surface area contributed by atoms with E-state index in [1.165, 1.54) is 18.2 Å². The lowest BCUT2D eigenvalue weighted by Crippen LogP contribution is -2.25. The van der Waals surface area contributed by atoms with Crippen LogP contribution in [0, 0.1) is 5.82 Å². The Balaban J connectivity index is 1.67. The number of carbonyl (C=O) groups is 1. The molecule has 2 aliphatic rings. The van der Waals surface area contributed by atoms with Crippen molar-refractivity contribution in [3.8, 4) is 5.75 Å². The number of carbonyl (C=O) groups excluding carboxylic acids is 1. The summed E-state index contributed by atoms with van der Waals surface area (Å²) in [4.78, 5) is 13.1. The van der Waals surface area contributed by atoms with Gasteiger partial charge in [0.2, 0.25) is 0 Å². The standard InChI is InChI=1S/C22H21FO4/c23-16-7-9-20-18(13-16)22(24)19(14-27-20)17(15-5-2-1-3-6-15)8-10-21-25-11-4-12-26-21/h1-3,5-7,9,13,21H,4,8,10-12,14H2. The van der Waals surface area contributed by atoms with Gasteiger partial charge in [-0.3, -0.25) is 4.79 Å². The van der Waals surface area contributed by atoms with E-state index in [4.69, 9.17) is 14.2 Å². The fraction of sp³-hybridized carbons (Fsp3) is 0.318. The molecule has 2 aromatic carbocycles. The molecule has 0 amide bonds. The predicted molar refractivity (Wildman–Crippen MR) is 99.1 cm³/mol. The first kappa shape index (κ1) is 17.9. The van der Waals surface area contributed by atoms with Crippen molar-refractivity contribution in [3.05, 3.63) is 71.0 Å². The summed E-state index contributed by atoms with van der Waals surface area (Å²) in [6.07, 6.45) is 1.90. The molecule has 0 atom stereocenters. The van der Waals surface area contributed by atoms with Gasteiger partial charge in [-0.25, -0.2) is 4.39 Å². The molecular weight excluding hydrogens is 347 g/mol. The van der Waals surface area contributed by atoms with Crippen LogP contribution in [-0.2, 0) is 9.47 Å². The second kappa shape index (κ2) is 8.03. The van der Waals surface area contributed by atoms with Crippen molar-refractivity contribution in [2.75, 3.05) is 19.8 Å². The smallest absolute Gasteiger partial charge is 0.196 e. The number of ketones is 1. The van der Waals surface area contributed by atoms with Gasteiger partial charge in [-0.05, 0) is 42.2 Å². The Morgan fingerprint density at radius 3 is 2.63 bits per heavy atom. The number of hydrogen-bond acceptors (Lipinski definition) is 4. The van der Waals surface area contributed by atoms with Crippen LogP contribution in [0.3, 0.4) is 0 Å². The molecule has 0 spiro atoms. The normalized spacial score (nSPS) is 19.4. The maximum atomic E-state index is 13.7. The molecule has 1 fully saturated rings. The van der Waals surface area contributed by atoms with Crippen molar-refractivity contribution in [1.82, 2.24) is 0 Å². The highest BCUT2D eigenvalue weighted by Crippen LogP contribution is 2.34. The zero-order chi connectivity index (χ0) is 18.6. The van der Waals surface area contributed by atoms with Crippen molar-refractivity contribution >= 4 is 11.4 Å². The third-order valence-corrected chi connectivity index (χ3v) is 4.85. The van der Waals surface area contributed by atoms with Crippen LogP contribution in [0.2, 0.25) is 0 Å². The maximum Gasteiger partial charge on any atom is 0.196 e. The third kappa shape index (κ3) is 3.94. The second-order valence-corrected chi connectivity index (χ2v) is 6.64. The van der Waals surface area contributed by atoms with Gasteiger partial charge in [0.15, 0.2) is 12.1 Å². The molecule has 0 radical (unpaired) electrons. The van der Waals surface area contributed by atoms with Crippen LogP contribution in [0.5, 0.6) is 5.75 Å². The average molecular weight is 368 g/mol. The second-order valence-electron chi connectivity index (χ2n) is 6.64. The fourth-order valence-electron chi connectivity index (χ4n) is 3.48. The van der Waals surface area contributed by atoms with Gasteiger partial charge in [-0.1, -0.05) is 30.3 Å². The molecule has 0 saturated carbocycles. The van der Waals surface area contributed by atoms with Crippen LogP contribution in [0.1, 0.15) is 35.2 Å². The number of ether oxygens (including phenoxy) is 3. The average Bonchev–Trinajstić information content (AvgIpc) is 2.71. The first-order chi connectivity index (χ1) is 13.2. The summed E-state index contributed by atoms with van der Waals surface area (Å²) in [6, 6.07) is 13.8. The number of halogens is 1. The van der Waals surface area contributed by atoms with Crippen LogP contribution in [-0.4, -0.2) is 31.9 Å². The lowest BCUT2D eigenvalue weighted by atomic mass is 9.89. The summed E-state index contributed by atoms with van der Waals surface area (Å²) in [5.41, 5.74) is 2.69. The Kier molecular flexibility index (Phi) is 5.32. The van der Waals surface area contributed by atoms with Crippen molar-refractivity contribution in [2.24, 2.45) is 0 Å². The van der Waals surface area contributed by atoms with Gasteiger partial charge >= 0.3 is 0 Å². The number of Topliss-reactive ketones (excluding diaryl/α,β-unsaturated/α-hetero) is 1. The number of hydrogen-bond donors (Lipinski definition) is 0. The highest BCUT2D eigenvalue weighted by molar-refractivity contribution is 6.15. The van der Waals surface area contributed by atoms with Gasteiger partial charge < -0.3 is 14.2 Å². The van der Waals surface area contributed by atoms with Gasteiger partial charge in [0.05, 0.1) is 18.8 Å². The van der Waals surface area contributed by atoms with Gasteiger partial charge in [0, 0.05) is 12.0 Å². The summed E-state index contributed by atoms with van der Waals surface area (Å²) in [5.74, 6) is -0.200. The molecule has 0 bridgehead atoms. The van der Waals surface area contributed by atoms with Gasteiger partial charge in [0.25, 0.3) is 0 Å². The number of fused-ring (bicyclic) bond motifs is 1. The minimum atomic E-state index is -0.447. The van der Waals surface area contributed by atoms with Crippen molar-refractivity contribution in [1.29, 1.82) is 0 Å². The molecule has 4 nitrogen and oxygen atoms in total. The van der Waals surface area contributed by atoms with Crippen molar-refractivity contribution in [2.45, 2.75) is 25.6 Å². The lowest BCUT2D eigenvalue weighted by Gasteiger charge is -2.25. The molecule has 0 aromatic heterocycles. The molecule has 1 saturated heterocycles. The van der Waals surface area contributed by atoms with Gasteiger partial charge in [-0.2, -0.15) is 0 Å². The van der Waals surface area contributed by atoms with E-state index in [2.05, 4.69) is 0 Å². The summed E-state index contributed by atoms with van der Waals surface area (Å²) in [5, 5.41) is 0. The summed E-state index contributed by atoms with van der Waals surface area (Å²) in [6.45, 7) is 1.56. The zero-order valence-electron chi connectivity index (χ0n) is 14.9. The first-order valence-electron chi connectivity index (χ1n) is 9.20. The maximum absolute atomic E-state index is 13.7. The molecule has 27 heavy (non-hydrogen) atoms. The van der Waals surface area contributed by atoms with Crippen LogP contribution in [0.25, 0.3) is 5.57 Å². The number of benzene rings is 2. The molecule has 2 aliphatic heterocycles. The Labute approximate surface area is 157 Å². The van der Waals surface area contributed by atoms with Gasteiger partial charge in [0.1, 0.15) is 18.2 Å². The largest absolute Gasteiger partial charge is 0.488 e. The Morgan fingerprint density at radius 1 is 1.07 bits per heavy atom. The SMILES string of the molecule is O=C1C(=C(CCC2OCCCO2)c2ccccc2)COc2ccc(F)cc21. The zero-order valence-corrected chi connectivity index (χ0v) is 14.9. The van der Waals surface area contributed by atoms with E-state index < -0.39 is 5.82 Å². The van der Waals surface area contributed by atoms with Crippen molar-refractivity contribution < 1.29 is 23.4 Å². The van der Waals surface area contributed by atoms with Crippen molar-refractivity contribution in [3.63, 3.8) is 0 Å². The predicted octanol–water partition coefficient (Wildman–Crippen LogP) is 4.40. The summed E-state index contributed by atoms with van der Waals surface area (Å²) < 4.78 is 30.7. The monoisotopic (exact) mass is 368 g/mol. The lowest BCUT2D eigenvalue weighted by molar-refractivity contribution is -0.180. The molecule has 2 heterocycles. The van der Waals surface area contributed by atoms with E-state index in [-0.39, 0.29) is 24.2 Å². The fourth-order valence-corrected chi connectivity index (χ4v) is 3.48. The molecule has 2 aromatic rings. The number of rotatable bonds is 4. The molecule has 0 unspecified atom stereocenters. The van der Waals surface area contributed by atoms with Gasteiger partial charge in [-0.15, -0.1) is 0 Å². The van der Waals surface area contributed by atoms with E-state index in [1.807, 2.05) is 30.3 Å². The van der Waals surface area contributed by atoms with E-state index >= 15 is 0 Å². The minimum absolute atomic E-state index is 0.175. The Hall–Kier alpha value is -2.50. The Bertz CT molecular complexity index is 854. The minimum Gasteiger partial charge on any atom is -0.488 e. The van der Waals surface area contributed by atoms with E-state index in [0.29, 0.717) is 37.4 Å². The van der Waals surface area contributed by atoms with Crippen LogP contribution < -0.4 is 4.74 Å². The molecule has 0 N–H and O–H groups in total. The molecule has 5 heteroatoms. The highest BCUT2D eigenvalue weighted by Gasteiger charge is 2.27. The van der Waals surface area contributed by atoms with Crippen LogP contribution in [0.15, 0.2) is 54.1 Å². The highest BCUT2D eigenvalue weighted by atomic mass is 19.1. The molecule has 4 rings (SSSR count). The molecule has 140 valence electrons.